The average Bonchev–Trinajstić information content (AvgIpc) is 3.07. The van der Waals surface area contributed by atoms with Gasteiger partial charge in [0.2, 0.25) is 5.43 Å². The van der Waals surface area contributed by atoms with Gasteiger partial charge in [-0.1, -0.05) is 17.7 Å². The molecule has 2 atom stereocenters. The molecule has 0 amide bonds. The summed E-state index contributed by atoms with van der Waals surface area (Å²) >= 11 is 6.00. The maximum Gasteiger partial charge on any atom is 0.341 e. The van der Waals surface area contributed by atoms with Gasteiger partial charge in [0.15, 0.2) is 0 Å². The van der Waals surface area contributed by atoms with Crippen LogP contribution in [0, 0.1) is 6.07 Å². The molecule has 1 aromatic carbocycles. The lowest BCUT2D eigenvalue weighted by atomic mass is 10.1. The van der Waals surface area contributed by atoms with E-state index in [0.29, 0.717) is 11.9 Å². The first-order valence-corrected chi connectivity index (χ1v) is 6.01. The van der Waals surface area contributed by atoms with Crippen LogP contribution in [0.2, 0.25) is 5.02 Å². The van der Waals surface area contributed by atoms with Crippen LogP contribution in [0.3, 0.4) is 0 Å². The zero-order valence-electron chi connectivity index (χ0n) is 9.56. The highest BCUT2D eigenvalue weighted by molar-refractivity contribution is 6.35. The molecule has 6 heteroatoms. The van der Waals surface area contributed by atoms with Crippen molar-refractivity contribution < 1.29 is 14.3 Å². The predicted molar refractivity (Wildman–Crippen MR) is 67.6 cm³/mol. The number of alkyl halides is 1. The summed E-state index contributed by atoms with van der Waals surface area (Å²) in [5, 5.41) is 9.39. The molecule has 1 aliphatic rings. The van der Waals surface area contributed by atoms with Crippen LogP contribution in [0.15, 0.2) is 23.1 Å². The number of fused-ring (bicyclic) bond motifs is 1. The molecule has 1 aliphatic carbocycles. The molecule has 1 heterocycles. The van der Waals surface area contributed by atoms with E-state index in [1.54, 1.807) is 0 Å². The Labute approximate surface area is 112 Å². The number of rotatable bonds is 2. The summed E-state index contributed by atoms with van der Waals surface area (Å²) in [6, 6.07) is 5.15. The summed E-state index contributed by atoms with van der Waals surface area (Å²) in [6.45, 7) is 0. The van der Waals surface area contributed by atoms with Gasteiger partial charge in [-0.15, -0.1) is 0 Å². The van der Waals surface area contributed by atoms with E-state index in [1.807, 2.05) is 0 Å². The average molecular weight is 281 g/mol. The number of carboxylic acid groups (broad SMARTS) is 1. The second-order valence-corrected chi connectivity index (χ2v) is 4.84. The van der Waals surface area contributed by atoms with Crippen molar-refractivity contribution in [1.29, 1.82) is 0 Å². The van der Waals surface area contributed by atoms with Crippen molar-refractivity contribution in [2.75, 3.05) is 0 Å². The fraction of sp³-hybridized carbons (Fsp3) is 0.231. The van der Waals surface area contributed by atoms with Gasteiger partial charge in [0, 0.05) is 24.1 Å². The Balaban J connectivity index is 2.43. The topological polar surface area (TPSA) is 59.3 Å². The molecule has 0 spiro atoms. The fourth-order valence-electron chi connectivity index (χ4n) is 2.16. The Bertz CT molecular complexity index is 755. The number of halogens is 2. The molecular weight excluding hydrogens is 273 g/mol. The smallest absolute Gasteiger partial charge is 0.341 e. The third kappa shape index (κ3) is 1.81. The van der Waals surface area contributed by atoms with Gasteiger partial charge >= 0.3 is 5.97 Å². The number of hydrogen-bond donors (Lipinski definition) is 1. The lowest BCUT2D eigenvalue weighted by Gasteiger charge is -2.12. The van der Waals surface area contributed by atoms with Crippen LogP contribution in [-0.4, -0.2) is 21.8 Å². The quantitative estimate of drug-likeness (QED) is 0.919. The van der Waals surface area contributed by atoms with Gasteiger partial charge in [-0.05, 0) is 6.07 Å². The van der Waals surface area contributed by atoms with Crippen molar-refractivity contribution in [1.82, 2.24) is 4.57 Å². The Hall–Kier alpha value is -1.88. The predicted octanol–water partition coefficient (Wildman–Crippen LogP) is 2.44. The molecule has 1 fully saturated rings. The summed E-state index contributed by atoms with van der Waals surface area (Å²) < 4.78 is 14.7. The van der Waals surface area contributed by atoms with Crippen molar-refractivity contribution in [2.24, 2.45) is 0 Å². The molecule has 0 saturated heterocycles. The molecule has 0 bridgehead atoms. The minimum Gasteiger partial charge on any atom is -0.477 e. The van der Waals surface area contributed by atoms with Crippen LogP contribution in [0.1, 0.15) is 22.8 Å². The third-order valence-corrected chi connectivity index (χ3v) is 3.50. The number of aromatic carboxylic acids is 1. The molecule has 1 aromatic heterocycles. The van der Waals surface area contributed by atoms with Crippen molar-refractivity contribution in [3.63, 3.8) is 0 Å². The van der Waals surface area contributed by atoms with Crippen LogP contribution in [0.25, 0.3) is 10.9 Å². The summed E-state index contributed by atoms with van der Waals surface area (Å²) in [5.41, 5.74) is -0.663. The van der Waals surface area contributed by atoms with Crippen molar-refractivity contribution >= 4 is 28.5 Å². The largest absolute Gasteiger partial charge is 0.477 e. The minimum absolute atomic E-state index is 0.169. The molecule has 2 aromatic rings. The van der Waals surface area contributed by atoms with Crippen LogP contribution < -0.4 is 5.43 Å². The van der Waals surface area contributed by atoms with E-state index in [1.165, 1.54) is 16.7 Å². The van der Waals surface area contributed by atoms with Gasteiger partial charge in [-0.3, -0.25) is 4.79 Å². The Morgan fingerprint density at radius 3 is 2.84 bits per heavy atom. The molecular formula is C13H8ClFNO3. The molecule has 0 aliphatic heterocycles. The number of pyridine rings is 1. The Morgan fingerprint density at radius 2 is 2.26 bits per heavy atom. The zero-order chi connectivity index (χ0) is 13.7. The second-order valence-electron chi connectivity index (χ2n) is 4.46. The Kier molecular flexibility index (Phi) is 2.60. The SMILES string of the molecule is O=C(O)c1cn([C@@H]2C[C@@H]2F)c2c(Cl)[c]ccc2c1=O. The molecule has 1 radical (unpaired) electrons. The summed E-state index contributed by atoms with van der Waals surface area (Å²) in [5.74, 6) is -1.33. The lowest BCUT2D eigenvalue weighted by Crippen LogP contribution is -2.19. The van der Waals surface area contributed by atoms with Crippen molar-refractivity contribution in [3.05, 3.63) is 45.2 Å². The number of aromatic nitrogens is 1. The highest BCUT2D eigenvalue weighted by Crippen LogP contribution is 2.41. The minimum atomic E-state index is -1.33. The number of carboxylic acids is 1. The molecule has 19 heavy (non-hydrogen) atoms. The third-order valence-electron chi connectivity index (χ3n) is 3.21. The lowest BCUT2D eigenvalue weighted by molar-refractivity contribution is 0.0694. The van der Waals surface area contributed by atoms with E-state index in [9.17, 15) is 14.0 Å². The Morgan fingerprint density at radius 1 is 1.58 bits per heavy atom. The van der Waals surface area contributed by atoms with Crippen LogP contribution in [0.4, 0.5) is 4.39 Å². The zero-order valence-corrected chi connectivity index (χ0v) is 10.3. The number of nitrogens with zero attached hydrogens (tertiary/aromatic N) is 1. The maximum absolute atomic E-state index is 13.3. The van der Waals surface area contributed by atoms with Crippen LogP contribution in [0.5, 0.6) is 0 Å². The second kappa shape index (κ2) is 4.06. The summed E-state index contributed by atoms with van der Waals surface area (Å²) in [7, 11) is 0. The highest BCUT2D eigenvalue weighted by Gasteiger charge is 2.40. The molecule has 1 N–H and O–H groups in total. The first-order chi connectivity index (χ1) is 9.00. The van der Waals surface area contributed by atoms with E-state index in [4.69, 9.17) is 16.7 Å². The maximum atomic E-state index is 13.3. The fourth-order valence-corrected chi connectivity index (χ4v) is 2.42. The first-order valence-electron chi connectivity index (χ1n) is 5.63. The normalized spacial score (nSPS) is 21.6. The highest BCUT2D eigenvalue weighted by atomic mass is 35.5. The van der Waals surface area contributed by atoms with E-state index in [-0.39, 0.29) is 16.0 Å². The summed E-state index contributed by atoms with van der Waals surface area (Å²) in [4.78, 5) is 23.1. The van der Waals surface area contributed by atoms with Crippen molar-refractivity contribution in [2.45, 2.75) is 18.6 Å². The van der Waals surface area contributed by atoms with E-state index in [2.05, 4.69) is 6.07 Å². The van der Waals surface area contributed by atoms with Gasteiger partial charge < -0.3 is 9.67 Å². The standard InChI is InChI=1S/C13H8ClFNO3/c14-8-3-1-2-6-11(8)16(10-4-9(10)15)5-7(12(6)17)13(18)19/h1-2,5,9-10H,4H2,(H,18,19)/t9-,10+/m0/s1. The molecule has 3 rings (SSSR count). The van der Waals surface area contributed by atoms with Crippen LogP contribution in [-0.2, 0) is 0 Å². The molecule has 0 unspecified atom stereocenters. The molecule has 4 nitrogen and oxygen atoms in total. The van der Waals surface area contributed by atoms with Gasteiger partial charge in [0.25, 0.3) is 0 Å². The number of benzene rings is 1. The number of hydrogen-bond acceptors (Lipinski definition) is 2. The first kappa shape index (κ1) is 12.2. The van der Waals surface area contributed by atoms with Gasteiger partial charge in [0.1, 0.15) is 11.7 Å². The van der Waals surface area contributed by atoms with Gasteiger partial charge in [-0.2, -0.15) is 0 Å². The monoisotopic (exact) mass is 280 g/mol. The van der Waals surface area contributed by atoms with E-state index >= 15 is 0 Å². The number of carbonyl (C=O) groups is 1. The summed E-state index contributed by atoms with van der Waals surface area (Å²) in [6.07, 6.45) is 0.419. The van der Waals surface area contributed by atoms with E-state index < -0.39 is 23.6 Å². The van der Waals surface area contributed by atoms with Crippen molar-refractivity contribution in [3.8, 4) is 0 Å². The van der Waals surface area contributed by atoms with Gasteiger partial charge in [-0.25, -0.2) is 9.18 Å². The van der Waals surface area contributed by atoms with E-state index in [0.717, 1.165) is 6.20 Å². The van der Waals surface area contributed by atoms with Crippen LogP contribution >= 0.6 is 11.6 Å². The molecule has 97 valence electrons. The van der Waals surface area contributed by atoms with Gasteiger partial charge in [0.05, 0.1) is 16.6 Å². The molecule has 1 saturated carbocycles.